The van der Waals surface area contributed by atoms with Crippen LogP contribution in [0.4, 0.5) is 0 Å². The second kappa shape index (κ2) is 11.0. The van der Waals surface area contributed by atoms with Crippen LogP contribution in [-0.2, 0) is 0 Å². The molecule has 0 aromatic heterocycles. The molecule has 0 spiro atoms. The molecule has 2 aromatic carbocycles. The minimum absolute atomic E-state index is 0.334. The third-order valence-electron chi connectivity index (χ3n) is 7.23. The largest absolute Gasteiger partial charge is 0.308 e. The minimum Gasteiger partial charge on any atom is -0.308 e. The van der Waals surface area contributed by atoms with Crippen LogP contribution in [0.2, 0.25) is 0 Å². The van der Waals surface area contributed by atoms with Crippen molar-refractivity contribution in [1.29, 1.82) is 0 Å². The number of likely N-dealkylation sites (N-methyl/N-ethyl adjacent to an activating group) is 1. The maximum atomic E-state index is 4.69. The molecule has 172 valence electrons. The average molecular weight is 439 g/mol. The molecule has 0 N–H and O–H groups in total. The zero-order chi connectivity index (χ0) is 23.2. The number of benzene rings is 2. The number of likely N-dealkylation sites (tertiary alicyclic amines) is 1. The molecule has 1 fully saturated rings. The number of allylic oxidation sites excluding steroid dienone is 4. The summed E-state index contributed by atoms with van der Waals surface area (Å²) in [5.74, 6) is 1.04. The molecule has 0 bridgehead atoms. The van der Waals surface area contributed by atoms with Crippen LogP contribution in [0.15, 0.2) is 103 Å². The van der Waals surface area contributed by atoms with Gasteiger partial charge in [-0.2, -0.15) is 0 Å². The van der Waals surface area contributed by atoms with E-state index in [-0.39, 0.29) is 0 Å². The molecule has 3 atom stereocenters. The van der Waals surface area contributed by atoms with Gasteiger partial charge in [-0.1, -0.05) is 92.0 Å². The molecule has 1 heterocycles. The summed E-state index contributed by atoms with van der Waals surface area (Å²) in [5.41, 5.74) is 6.49. The molecule has 2 nitrogen and oxygen atoms in total. The Kier molecular flexibility index (Phi) is 7.80. The molecule has 2 aromatic rings. The van der Waals surface area contributed by atoms with Gasteiger partial charge in [0.25, 0.3) is 0 Å². The van der Waals surface area contributed by atoms with Gasteiger partial charge in [0.1, 0.15) is 0 Å². The zero-order valence-electron chi connectivity index (χ0n) is 20.3. The highest BCUT2D eigenvalue weighted by Crippen LogP contribution is 2.47. The molecule has 1 saturated heterocycles. The Morgan fingerprint density at radius 1 is 0.879 bits per heavy atom. The highest BCUT2D eigenvalue weighted by molar-refractivity contribution is 5.67. The van der Waals surface area contributed by atoms with Crippen LogP contribution in [0.5, 0.6) is 0 Å². The Morgan fingerprint density at radius 3 is 2.12 bits per heavy atom. The molecule has 0 amide bonds. The van der Waals surface area contributed by atoms with E-state index < -0.39 is 0 Å². The summed E-state index contributed by atoms with van der Waals surface area (Å²) in [7, 11) is 4.32. The molecule has 0 radical (unpaired) electrons. The first-order valence-corrected chi connectivity index (χ1v) is 12.3. The number of hydrogen-bond donors (Lipinski definition) is 0. The fraction of sp³-hybridized carbons (Fsp3) is 0.355. The summed E-state index contributed by atoms with van der Waals surface area (Å²) in [5, 5.41) is 0. The van der Waals surface area contributed by atoms with Crippen LogP contribution in [0.3, 0.4) is 0 Å². The third-order valence-corrected chi connectivity index (χ3v) is 7.23. The lowest BCUT2D eigenvalue weighted by atomic mass is 9.66. The SMILES string of the molecule is C=C(c1ccccc1)C1CN(CCN(C)C)C[C@H](C(=C)C2=CCCC=C2)C1c1ccccc1. The predicted octanol–water partition coefficient (Wildman–Crippen LogP) is 6.43. The van der Waals surface area contributed by atoms with Gasteiger partial charge in [-0.3, -0.25) is 0 Å². The topological polar surface area (TPSA) is 6.48 Å². The lowest BCUT2D eigenvalue weighted by Gasteiger charge is -2.46. The molecule has 4 rings (SSSR count). The van der Waals surface area contributed by atoms with E-state index >= 15 is 0 Å². The smallest absolute Gasteiger partial charge is 0.0110 e. The van der Waals surface area contributed by atoms with E-state index in [1.54, 1.807) is 0 Å². The van der Waals surface area contributed by atoms with E-state index in [0.717, 1.165) is 39.0 Å². The average Bonchev–Trinajstić information content (AvgIpc) is 2.87. The standard InChI is InChI=1S/C31H38N2/c1-24(26-14-8-5-9-15-26)29-22-33(21-20-32(3)4)23-30(25(2)27-16-10-6-11-17-27)31(29)28-18-12-7-13-19-28/h5,7-10,12-19,29-31H,1-2,6,11,20-23H2,3-4H3/t29?,30-,31?/m1/s1. The third kappa shape index (κ3) is 5.63. The number of nitrogens with zero attached hydrogens (tertiary/aromatic N) is 2. The van der Waals surface area contributed by atoms with Crippen LogP contribution >= 0.6 is 0 Å². The van der Waals surface area contributed by atoms with Crippen molar-refractivity contribution in [1.82, 2.24) is 9.80 Å². The molecule has 2 aliphatic rings. The van der Waals surface area contributed by atoms with Gasteiger partial charge >= 0.3 is 0 Å². The summed E-state index contributed by atoms with van der Waals surface area (Å²) in [6.45, 7) is 13.5. The van der Waals surface area contributed by atoms with E-state index in [1.807, 2.05) is 0 Å². The molecule has 1 aliphatic carbocycles. The molecule has 0 saturated carbocycles. The van der Waals surface area contributed by atoms with Crippen molar-refractivity contribution < 1.29 is 0 Å². The van der Waals surface area contributed by atoms with Gasteiger partial charge < -0.3 is 9.80 Å². The van der Waals surface area contributed by atoms with Crippen LogP contribution in [0.1, 0.15) is 29.9 Å². The molecule has 2 unspecified atom stereocenters. The number of piperidine rings is 1. The van der Waals surface area contributed by atoms with Crippen LogP contribution in [0.25, 0.3) is 5.57 Å². The van der Waals surface area contributed by atoms with Crippen molar-refractivity contribution in [3.8, 4) is 0 Å². The lowest BCUT2D eigenvalue weighted by molar-refractivity contribution is 0.133. The van der Waals surface area contributed by atoms with E-state index in [0.29, 0.717) is 17.8 Å². The lowest BCUT2D eigenvalue weighted by Crippen LogP contribution is -2.48. The van der Waals surface area contributed by atoms with Crippen molar-refractivity contribution in [3.63, 3.8) is 0 Å². The second-order valence-corrected chi connectivity index (χ2v) is 9.77. The van der Waals surface area contributed by atoms with Crippen LogP contribution < -0.4 is 0 Å². The van der Waals surface area contributed by atoms with Crippen molar-refractivity contribution >= 4 is 5.57 Å². The van der Waals surface area contributed by atoms with E-state index in [1.165, 1.54) is 27.8 Å². The highest BCUT2D eigenvalue weighted by Gasteiger charge is 2.40. The minimum atomic E-state index is 0.334. The van der Waals surface area contributed by atoms with Gasteiger partial charge in [-0.05, 0) is 54.8 Å². The Labute approximate surface area is 200 Å². The molecule has 1 aliphatic heterocycles. The predicted molar refractivity (Wildman–Crippen MR) is 142 cm³/mol. The Morgan fingerprint density at radius 2 is 1.52 bits per heavy atom. The Hall–Kier alpha value is -2.68. The Balaban J connectivity index is 1.74. The number of hydrogen-bond acceptors (Lipinski definition) is 2. The first-order valence-electron chi connectivity index (χ1n) is 12.3. The van der Waals surface area contributed by atoms with E-state index in [2.05, 4.69) is 116 Å². The fourth-order valence-corrected chi connectivity index (χ4v) is 5.39. The first kappa shape index (κ1) is 23.5. The maximum absolute atomic E-state index is 4.69. The normalized spacial score (nSPS) is 23.4. The fourth-order valence-electron chi connectivity index (χ4n) is 5.39. The van der Waals surface area contributed by atoms with Crippen molar-refractivity contribution in [2.45, 2.75) is 18.8 Å². The molecule has 2 heteroatoms. The first-order chi connectivity index (χ1) is 16.0. The van der Waals surface area contributed by atoms with Gasteiger partial charge in [0.15, 0.2) is 0 Å². The second-order valence-electron chi connectivity index (χ2n) is 9.77. The summed E-state index contributed by atoms with van der Waals surface area (Å²) in [6.07, 6.45) is 9.20. The summed E-state index contributed by atoms with van der Waals surface area (Å²) in [4.78, 5) is 4.92. The van der Waals surface area contributed by atoms with Crippen molar-refractivity contribution in [2.24, 2.45) is 11.8 Å². The molecular formula is C31H38N2. The summed E-state index contributed by atoms with van der Waals surface area (Å²) < 4.78 is 0. The van der Waals surface area contributed by atoms with Crippen molar-refractivity contribution in [3.05, 3.63) is 114 Å². The van der Waals surface area contributed by atoms with Gasteiger partial charge in [0, 0.05) is 43.9 Å². The van der Waals surface area contributed by atoms with Gasteiger partial charge in [0.2, 0.25) is 0 Å². The van der Waals surface area contributed by atoms with Gasteiger partial charge in [-0.15, -0.1) is 0 Å². The quantitative estimate of drug-likeness (QED) is 0.469. The Bertz CT molecular complexity index is 1000. The van der Waals surface area contributed by atoms with Crippen molar-refractivity contribution in [2.75, 3.05) is 40.3 Å². The van der Waals surface area contributed by atoms with Crippen LogP contribution in [-0.4, -0.2) is 50.1 Å². The van der Waals surface area contributed by atoms with Gasteiger partial charge in [0.05, 0.1) is 0 Å². The zero-order valence-corrected chi connectivity index (χ0v) is 20.3. The monoisotopic (exact) mass is 438 g/mol. The summed E-state index contributed by atoms with van der Waals surface area (Å²) >= 11 is 0. The maximum Gasteiger partial charge on any atom is 0.0110 e. The van der Waals surface area contributed by atoms with E-state index in [9.17, 15) is 0 Å². The van der Waals surface area contributed by atoms with E-state index in [4.69, 9.17) is 0 Å². The molecular weight excluding hydrogens is 400 g/mol. The highest BCUT2D eigenvalue weighted by atomic mass is 15.2. The summed E-state index contributed by atoms with van der Waals surface area (Å²) in [6, 6.07) is 21.8. The molecule has 33 heavy (non-hydrogen) atoms. The number of rotatable bonds is 8. The van der Waals surface area contributed by atoms with Crippen LogP contribution in [0, 0.1) is 11.8 Å². The van der Waals surface area contributed by atoms with Gasteiger partial charge in [-0.25, -0.2) is 0 Å².